The number of rotatable bonds is 3. The van der Waals surface area contributed by atoms with Crippen LogP contribution in [0.2, 0.25) is 0 Å². The van der Waals surface area contributed by atoms with Crippen molar-refractivity contribution in [3.05, 3.63) is 69.2 Å². The van der Waals surface area contributed by atoms with E-state index in [0.29, 0.717) is 0 Å². The van der Waals surface area contributed by atoms with E-state index in [2.05, 4.69) is 4.98 Å². The van der Waals surface area contributed by atoms with Crippen molar-refractivity contribution in [1.29, 1.82) is 0 Å². The molecule has 0 amide bonds. The molecule has 98 valence electrons. The van der Waals surface area contributed by atoms with Crippen molar-refractivity contribution in [2.45, 2.75) is 0 Å². The van der Waals surface area contributed by atoms with Crippen LogP contribution in [0.1, 0.15) is 10.6 Å². The summed E-state index contributed by atoms with van der Waals surface area (Å²) in [5.41, 5.74) is 1.77. The van der Waals surface area contributed by atoms with Gasteiger partial charge in [-0.05, 0) is 30.4 Å². The first-order valence-corrected chi connectivity index (χ1v) is 6.82. The molecule has 0 atom stereocenters. The first-order valence-electron chi connectivity index (χ1n) is 6.00. The van der Waals surface area contributed by atoms with Crippen molar-refractivity contribution in [2.75, 3.05) is 0 Å². The van der Waals surface area contributed by atoms with Gasteiger partial charge in [0.2, 0.25) is 0 Å². The molecule has 2 heterocycles. The molecular formula is C15H10N2O2S. The molecule has 3 rings (SSSR count). The van der Waals surface area contributed by atoms with Crippen LogP contribution in [0.4, 0.5) is 5.00 Å². The largest absolute Gasteiger partial charge is 0.324 e. The number of fused-ring (bicyclic) bond motifs is 1. The number of para-hydroxylation sites is 1. The summed E-state index contributed by atoms with van der Waals surface area (Å²) >= 11 is 1.15. The maximum Gasteiger partial charge on any atom is 0.324 e. The Morgan fingerprint density at radius 1 is 1.05 bits per heavy atom. The lowest BCUT2D eigenvalue weighted by atomic mass is 10.2. The summed E-state index contributed by atoms with van der Waals surface area (Å²) in [7, 11) is 0. The fourth-order valence-electron chi connectivity index (χ4n) is 1.87. The van der Waals surface area contributed by atoms with E-state index in [-0.39, 0.29) is 9.92 Å². The molecule has 0 radical (unpaired) electrons. The van der Waals surface area contributed by atoms with Crippen molar-refractivity contribution < 1.29 is 4.92 Å². The molecule has 0 N–H and O–H groups in total. The summed E-state index contributed by atoms with van der Waals surface area (Å²) in [5, 5.41) is 11.9. The number of hydrogen-bond donors (Lipinski definition) is 0. The van der Waals surface area contributed by atoms with Crippen molar-refractivity contribution in [3.8, 4) is 0 Å². The normalized spacial score (nSPS) is 11.2. The Morgan fingerprint density at radius 2 is 1.90 bits per heavy atom. The second-order valence-corrected chi connectivity index (χ2v) is 5.29. The van der Waals surface area contributed by atoms with E-state index in [1.54, 1.807) is 6.07 Å². The molecule has 0 aliphatic carbocycles. The highest BCUT2D eigenvalue weighted by molar-refractivity contribution is 7.16. The van der Waals surface area contributed by atoms with Gasteiger partial charge in [0, 0.05) is 16.3 Å². The van der Waals surface area contributed by atoms with Crippen LogP contribution in [0, 0.1) is 10.1 Å². The SMILES string of the molecule is O=[N+]([O-])c1ccc(/C=C/c2ccc3ccccc3n2)s1. The molecule has 0 spiro atoms. The fourth-order valence-corrected chi connectivity index (χ4v) is 2.60. The van der Waals surface area contributed by atoms with E-state index < -0.39 is 0 Å². The second-order valence-electron chi connectivity index (χ2n) is 4.20. The highest BCUT2D eigenvalue weighted by Crippen LogP contribution is 2.25. The molecule has 1 aromatic carbocycles. The molecule has 0 saturated heterocycles. The Morgan fingerprint density at radius 3 is 2.70 bits per heavy atom. The smallest absolute Gasteiger partial charge is 0.258 e. The second kappa shape index (κ2) is 5.22. The summed E-state index contributed by atoms with van der Waals surface area (Å²) in [4.78, 5) is 15.6. The van der Waals surface area contributed by atoms with Gasteiger partial charge >= 0.3 is 5.00 Å². The molecule has 5 heteroatoms. The Kier molecular flexibility index (Phi) is 3.26. The number of pyridine rings is 1. The third kappa shape index (κ3) is 2.57. The summed E-state index contributed by atoms with van der Waals surface area (Å²) in [5.74, 6) is 0. The zero-order chi connectivity index (χ0) is 13.9. The van der Waals surface area contributed by atoms with Gasteiger partial charge in [0.15, 0.2) is 0 Å². The highest BCUT2D eigenvalue weighted by Gasteiger charge is 2.07. The van der Waals surface area contributed by atoms with Crippen LogP contribution in [0.15, 0.2) is 48.5 Å². The lowest BCUT2D eigenvalue weighted by Gasteiger charge is -1.97. The molecular weight excluding hydrogens is 272 g/mol. The minimum absolute atomic E-state index is 0.149. The zero-order valence-corrected chi connectivity index (χ0v) is 11.2. The van der Waals surface area contributed by atoms with Crippen molar-refractivity contribution in [2.24, 2.45) is 0 Å². The minimum Gasteiger partial charge on any atom is -0.258 e. The number of nitrogens with zero attached hydrogens (tertiary/aromatic N) is 2. The maximum absolute atomic E-state index is 10.6. The number of nitro groups is 1. The number of thiophene rings is 1. The molecule has 2 aromatic heterocycles. The minimum atomic E-state index is -0.379. The Labute approximate surface area is 119 Å². The summed E-state index contributed by atoms with van der Waals surface area (Å²) in [6.45, 7) is 0. The van der Waals surface area contributed by atoms with Crippen LogP contribution in [0.5, 0.6) is 0 Å². The topological polar surface area (TPSA) is 56.0 Å². The first kappa shape index (κ1) is 12.5. The first-order chi connectivity index (χ1) is 9.72. The van der Waals surface area contributed by atoms with Crippen LogP contribution in [-0.4, -0.2) is 9.91 Å². The molecule has 0 fully saturated rings. The Bertz CT molecular complexity index is 808. The third-order valence-corrected chi connectivity index (χ3v) is 3.83. The van der Waals surface area contributed by atoms with E-state index in [1.807, 2.05) is 48.6 Å². The summed E-state index contributed by atoms with van der Waals surface area (Å²) in [6.07, 6.45) is 3.71. The summed E-state index contributed by atoms with van der Waals surface area (Å²) < 4.78 is 0. The van der Waals surface area contributed by atoms with Crippen LogP contribution >= 0.6 is 11.3 Å². The quantitative estimate of drug-likeness (QED) is 0.529. The van der Waals surface area contributed by atoms with Gasteiger partial charge in [-0.1, -0.05) is 35.6 Å². The van der Waals surface area contributed by atoms with E-state index in [1.165, 1.54) is 6.07 Å². The van der Waals surface area contributed by atoms with Crippen molar-refractivity contribution in [3.63, 3.8) is 0 Å². The van der Waals surface area contributed by atoms with Gasteiger partial charge in [0.1, 0.15) is 0 Å². The van der Waals surface area contributed by atoms with Gasteiger partial charge < -0.3 is 0 Å². The predicted octanol–water partition coefficient (Wildman–Crippen LogP) is 4.37. The standard InChI is InChI=1S/C15H10N2O2S/c18-17(19)15-10-9-13(20-15)8-7-12-6-5-11-3-1-2-4-14(11)16-12/h1-10H/b8-7+. The van der Waals surface area contributed by atoms with Crippen LogP contribution < -0.4 is 0 Å². The van der Waals surface area contributed by atoms with Gasteiger partial charge in [0.25, 0.3) is 0 Å². The van der Waals surface area contributed by atoms with E-state index >= 15 is 0 Å². The van der Waals surface area contributed by atoms with E-state index in [9.17, 15) is 10.1 Å². The van der Waals surface area contributed by atoms with Crippen molar-refractivity contribution in [1.82, 2.24) is 4.98 Å². The number of hydrogen-bond acceptors (Lipinski definition) is 4. The third-order valence-electron chi connectivity index (χ3n) is 2.83. The highest BCUT2D eigenvalue weighted by atomic mass is 32.1. The molecule has 0 unspecified atom stereocenters. The van der Waals surface area contributed by atoms with Crippen molar-refractivity contribution >= 4 is 39.4 Å². The molecule has 0 aliphatic heterocycles. The number of aromatic nitrogens is 1. The van der Waals surface area contributed by atoms with Gasteiger partial charge in [-0.15, -0.1) is 0 Å². The molecule has 3 aromatic rings. The van der Waals surface area contributed by atoms with Gasteiger partial charge in [0.05, 0.1) is 16.1 Å². The molecule has 0 bridgehead atoms. The fraction of sp³-hybridized carbons (Fsp3) is 0. The average Bonchev–Trinajstić information content (AvgIpc) is 2.94. The predicted molar refractivity (Wildman–Crippen MR) is 81.6 cm³/mol. The van der Waals surface area contributed by atoms with Crippen LogP contribution in [-0.2, 0) is 0 Å². The van der Waals surface area contributed by atoms with E-state index in [4.69, 9.17) is 0 Å². The van der Waals surface area contributed by atoms with Crippen LogP contribution in [0.3, 0.4) is 0 Å². The lowest BCUT2D eigenvalue weighted by molar-refractivity contribution is -0.380. The Balaban J connectivity index is 1.87. The van der Waals surface area contributed by atoms with E-state index in [0.717, 1.165) is 32.8 Å². The molecule has 4 nitrogen and oxygen atoms in total. The van der Waals surface area contributed by atoms with Gasteiger partial charge in [-0.25, -0.2) is 4.98 Å². The van der Waals surface area contributed by atoms with Gasteiger partial charge in [-0.3, -0.25) is 10.1 Å². The zero-order valence-electron chi connectivity index (χ0n) is 10.4. The molecule has 0 saturated carbocycles. The molecule has 0 aliphatic rings. The molecule has 20 heavy (non-hydrogen) atoms. The van der Waals surface area contributed by atoms with Gasteiger partial charge in [-0.2, -0.15) is 0 Å². The van der Waals surface area contributed by atoms with Crippen LogP contribution in [0.25, 0.3) is 23.1 Å². The maximum atomic E-state index is 10.6. The number of benzene rings is 1. The lowest BCUT2D eigenvalue weighted by Crippen LogP contribution is -1.82. The average molecular weight is 282 g/mol. The summed E-state index contributed by atoms with van der Waals surface area (Å²) in [6, 6.07) is 15.1. The monoisotopic (exact) mass is 282 g/mol. The Hall–Kier alpha value is -2.53.